The number of hydrogen-bond donors (Lipinski definition) is 1. The van der Waals surface area contributed by atoms with Gasteiger partial charge in [0.2, 0.25) is 0 Å². The predicted octanol–water partition coefficient (Wildman–Crippen LogP) is 3.25. The van der Waals surface area contributed by atoms with Gasteiger partial charge >= 0.3 is 6.03 Å². The highest BCUT2D eigenvalue weighted by Crippen LogP contribution is 2.28. The van der Waals surface area contributed by atoms with Gasteiger partial charge < -0.3 is 19.9 Å². The van der Waals surface area contributed by atoms with Crippen LogP contribution < -0.4 is 15.0 Å². The van der Waals surface area contributed by atoms with Gasteiger partial charge in [0.05, 0.1) is 12.8 Å². The average molecular weight is 353 g/mol. The number of nitrogens with zero attached hydrogens (tertiary/aromatic N) is 2. The molecule has 6 heteroatoms. The highest BCUT2D eigenvalue weighted by atomic mass is 16.5. The van der Waals surface area contributed by atoms with Crippen molar-refractivity contribution in [3.05, 3.63) is 54.1 Å². The van der Waals surface area contributed by atoms with Crippen LogP contribution in [0.5, 0.6) is 5.75 Å². The van der Waals surface area contributed by atoms with Crippen molar-refractivity contribution in [3.8, 4) is 5.75 Å². The first kappa shape index (κ1) is 17.8. The topological polar surface area (TPSA) is 61.9 Å². The van der Waals surface area contributed by atoms with E-state index in [1.165, 1.54) is 6.92 Å². The van der Waals surface area contributed by atoms with Crippen molar-refractivity contribution < 1.29 is 14.3 Å². The van der Waals surface area contributed by atoms with Crippen LogP contribution in [-0.4, -0.2) is 50.0 Å². The molecular formula is C20H23N3O3. The quantitative estimate of drug-likeness (QED) is 0.857. The molecule has 0 unspecified atom stereocenters. The average Bonchev–Trinajstić information content (AvgIpc) is 2.68. The summed E-state index contributed by atoms with van der Waals surface area (Å²) in [5.74, 6) is 0.853. The van der Waals surface area contributed by atoms with E-state index in [0.29, 0.717) is 24.3 Å². The third-order valence-electron chi connectivity index (χ3n) is 4.54. The lowest BCUT2D eigenvalue weighted by Gasteiger charge is -2.36. The van der Waals surface area contributed by atoms with Gasteiger partial charge in [-0.15, -0.1) is 0 Å². The van der Waals surface area contributed by atoms with Crippen LogP contribution >= 0.6 is 0 Å². The van der Waals surface area contributed by atoms with Crippen LogP contribution in [0.25, 0.3) is 0 Å². The fourth-order valence-corrected chi connectivity index (χ4v) is 3.03. The molecule has 6 nitrogen and oxygen atoms in total. The molecule has 0 spiro atoms. The molecule has 2 aromatic carbocycles. The number of carbonyl (C=O) groups is 2. The number of rotatable bonds is 4. The minimum atomic E-state index is -0.125. The number of amides is 2. The maximum atomic E-state index is 12.5. The van der Waals surface area contributed by atoms with Gasteiger partial charge in [-0.25, -0.2) is 4.79 Å². The number of ether oxygens (including phenoxy) is 1. The first-order valence-corrected chi connectivity index (χ1v) is 8.63. The summed E-state index contributed by atoms with van der Waals surface area (Å²) in [6.07, 6.45) is 0. The van der Waals surface area contributed by atoms with E-state index < -0.39 is 0 Å². The molecule has 0 aromatic heterocycles. The SMILES string of the molecule is COc1ccccc1N1CCN(C(=O)Nc2ccc(C(C)=O)cc2)CC1. The second-order valence-electron chi connectivity index (χ2n) is 6.21. The van der Waals surface area contributed by atoms with Crippen molar-refractivity contribution in [2.45, 2.75) is 6.92 Å². The molecule has 1 N–H and O–H groups in total. The highest BCUT2D eigenvalue weighted by Gasteiger charge is 2.22. The lowest BCUT2D eigenvalue weighted by molar-refractivity contribution is 0.101. The van der Waals surface area contributed by atoms with Crippen molar-refractivity contribution in [3.63, 3.8) is 0 Å². The summed E-state index contributed by atoms with van der Waals surface area (Å²) in [4.78, 5) is 27.8. The molecule has 26 heavy (non-hydrogen) atoms. The first-order chi connectivity index (χ1) is 12.6. The molecule has 1 fully saturated rings. The van der Waals surface area contributed by atoms with E-state index in [-0.39, 0.29) is 11.8 Å². The summed E-state index contributed by atoms with van der Waals surface area (Å²) in [5.41, 5.74) is 2.37. The van der Waals surface area contributed by atoms with Crippen LogP contribution in [-0.2, 0) is 0 Å². The van der Waals surface area contributed by atoms with Crippen molar-refractivity contribution in [1.82, 2.24) is 4.90 Å². The Hall–Kier alpha value is -3.02. The maximum Gasteiger partial charge on any atom is 0.321 e. The van der Waals surface area contributed by atoms with Gasteiger partial charge in [-0.05, 0) is 43.3 Å². The fraction of sp³-hybridized carbons (Fsp3) is 0.300. The van der Waals surface area contributed by atoms with Crippen LogP contribution in [0.4, 0.5) is 16.2 Å². The molecule has 1 saturated heterocycles. The van der Waals surface area contributed by atoms with Crippen molar-refractivity contribution in [1.29, 1.82) is 0 Å². The van der Waals surface area contributed by atoms with Gasteiger partial charge in [-0.2, -0.15) is 0 Å². The standard InChI is InChI=1S/C20H23N3O3/c1-15(24)16-7-9-17(10-8-16)21-20(25)23-13-11-22(12-14-23)18-5-3-4-6-19(18)26-2/h3-10H,11-14H2,1-2H3,(H,21,25). The Morgan fingerprint density at radius 1 is 0.962 bits per heavy atom. The third-order valence-corrected chi connectivity index (χ3v) is 4.54. The second kappa shape index (κ2) is 7.91. The molecule has 0 bridgehead atoms. The normalized spacial score (nSPS) is 14.1. The van der Waals surface area contributed by atoms with Crippen LogP contribution in [0, 0.1) is 0 Å². The molecule has 2 aromatic rings. The second-order valence-corrected chi connectivity index (χ2v) is 6.21. The molecule has 1 aliphatic heterocycles. The minimum Gasteiger partial charge on any atom is -0.495 e. The molecule has 1 aliphatic rings. The van der Waals surface area contributed by atoms with Gasteiger partial charge in [0.1, 0.15) is 5.75 Å². The monoisotopic (exact) mass is 353 g/mol. The number of hydrogen-bond acceptors (Lipinski definition) is 4. The van der Waals surface area contributed by atoms with E-state index in [4.69, 9.17) is 4.74 Å². The van der Waals surface area contributed by atoms with E-state index in [9.17, 15) is 9.59 Å². The fourth-order valence-electron chi connectivity index (χ4n) is 3.03. The summed E-state index contributed by atoms with van der Waals surface area (Å²) >= 11 is 0. The number of anilines is 2. The molecule has 136 valence electrons. The van der Waals surface area contributed by atoms with E-state index in [1.54, 1.807) is 36.3 Å². The Balaban J connectivity index is 1.57. The number of methoxy groups -OCH3 is 1. The summed E-state index contributed by atoms with van der Waals surface area (Å²) < 4.78 is 5.42. The summed E-state index contributed by atoms with van der Waals surface area (Å²) in [5, 5.41) is 2.89. The molecule has 0 atom stereocenters. The Kier molecular flexibility index (Phi) is 5.41. The van der Waals surface area contributed by atoms with Gasteiger partial charge in [0.25, 0.3) is 0 Å². The van der Waals surface area contributed by atoms with Gasteiger partial charge in [-0.3, -0.25) is 4.79 Å². The van der Waals surface area contributed by atoms with Gasteiger partial charge in [0.15, 0.2) is 5.78 Å². The third kappa shape index (κ3) is 3.96. The molecule has 0 saturated carbocycles. The zero-order valence-electron chi connectivity index (χ0n) is 15.1. The van der Waals surface area contributed by atoms with E-state index in [1.807, 2.05) is 24.3 Å². The zero-order valence-corrected chi connectivity index (χ0v) is 15.1. The van der Waals surface area contributed by atoms with Crippen LogP contribution in [0.3, 0.4) is 0 Å². The highest BCUT2D eigenvalue weighted by molar-refractivity contribution is 5.95. The van der Waals surface area contributed by atoms with E-state index in [0.717, 1.165) is 24.5 Å². The zero-order chi connectivity index (χ0) is 18.5. The van der Waals surface area contributed by atoms with Gasteiger partial charge in [0, 0.05) is 37.4 Å². The molecule has 0 radical (unpaired) electrons. The maximum absolute atomic E-state index is 12.5. The van der Waals surface area contributed by atoms with Crippen LogP contribution in [0.2, 0.25) is 0 Å². The summed E-state index contributed by atoms with van der Waals surface area (Å²) in [6.45, 7) is 4.29. The summed E-state index contributed by atoms with van der Waals surface area (Å²) in [6, 6.07) is 14.7. The van der Waals surface area contributed by atoms with E-state index in [2.05, 4.69) is 10.2 Å². The van der Waals surface area contributed by atoms with Crippen molar-refractivity contribution in [2.24, 2.45) is 0 Å². The van der Waals surface area contributed by atoms with Crippen LogP contribution in [0.1, 0.15) is 17.3 Å². The lowest BCUT2D eigenvalue weighted by Crippen LogP contribution is -2.50. The van der Waals surface area contributed by atoms with E-state index >= 15 is 0 Å². The van der Waals surface area contributed by atoms with Gasteiger partial charge in [-0.1, -0.05) is 12.1 Å². The Morgan fingerprint density at radius 2 is 1.62 bits per heavy atom. The Bertz CT molecular complexity index is 781. The predicted molar refractivity (Wildman–Crippen MR) is 102 cm³/mol. The number of Topliss-reactive ketones (excluding diaryl/α,β-unsaturated/α-hetero) is 1. The number of urea groups is 1. The number of piperazine rings is 1. The minimum absolute atomic E-state index is 0.00957. The number of carbonyl (C=O) groups excluding carboxylic acids is 2. The molecule has 2 amide bonds. The largest absolute Gasteiger partial charge is 0.495 e. The Morgan fingerprint density at radius 3 is 2.23 bits per heavy atom. The summed E-state index contributed by atoms with van der Waals surface area (Å²) in [7, 11) is 1.67. The molecule has 3 rings (SSSR count). The Labute approximate surface area is 153 Å². The van der Waals surface area contributed by atoms with Crippen molar-refractivity contribution in [2.75, 3.05) is 43.5 Å². The molecular weight excluding hydrogens is 330 g/mol. The first-order valence-electron chi connectivity index (χ1n) is 8.63. The van der Waals surface area contributed by atoms with Crippen molar-refractivity contribution >= 4 is 23.2 Å². The number of para-hydroxylation sites is 2. The number of benzene rings is 2. The number of nitrogens with one attached hydrogen (secondary N) is 1. The number of ketones is 1. The molecule has 0 aliphatic carbocycles. The van der Waals surface area contributed by atoms with Crippen LogP contribution in [0.15, 0.2) is 48.5 Å². The molecule has 1 heterocycles. The lowest BCUT2D eigenvalue weighted by atomic mass is 10.1. The smallest absolute Gasteiger partial charge is 0.321 e.